The molecule has 1 aromatic carbocycles. The number of amides is 2. The van der Waals surface area contributed by atoms with Gasteiger partial charge < -0.3 is 30.0 Å². The molecule has 0 unspecified atom stereocenters. The molecule has 2 amide bonds. The van der Waals surface area contributed by atoms with Crippen molar-refractivity contribution in [2.45, 2.75) is 84.3 Å². The molecule has 2 atom stereocenters. The molecule has 0 heterocycles. The molecule has 0 aliphatic carbocycles. The van der Waals surface area contributed by atoms with Crippen molar-refractivity contribution in [1.29, 1.82) is 0 Å². The Morgan fingerprint density at radius 1 is 0.853 bits per heavy atom. The van der Waals surface area contributed by atoms with E-state index >= 15 is 0 Å². The third kappa shape index (κ3) is 12.2. The molecule has 0 saturated carbocycles. The van der Waals surface area contributed by atoms with E-state index in [9.17, 15) is 24.3 Å². The Hall–Kier alpha value is -3.14. The van der Waals surface area contributed by atoms with Gasteiger partial charge in [-0.1, -0.05) is 30.3 Å². The molecule has 0 radical (unpaired) electrons. The van der Waals surface area contributed by atoms with Crippen LogP contribution in [0.25, 0.3) is 0 Å². The van der Waals surface area contributed by atoms with Crippen LogP contribution in [0.15, 0.2) is 30.3 Å². The zero-order valence-corrected chi connectivity index (χ0v) is 20.7. The largest absolute Gasteiger partial charge is 0.458 e. The molecule has 1 aromatic rings. The summed E-state index contributed by atoms with van der Waals surface area (Å²) < 4.78 is 15.7. The number of aliphatic hydroxyl groups is 1. The Kier molecular flexibility index (Phi) is 11.0. The van der Waals surface area contributed by atoms with Crippen LogP contribution in [0.1, 0.15) is 59.9 Å². The maximum atomic E-state index is 12.6. The molecule has 0 aliphatic heterocycles. The van der Waals surface area contributed by atoms with E-state index in [1.165, 1.54) is 0 Å². The van der Waals surface area contributed by atoms with Crippen LogP contribution < -0.4 is 10.6 Å². The zero-order chi connectivity index (χ0) is 25.9. The third-order valence-corrected chi connectivity index (χ3v) is 4.07. The molecule has 0 bridgehead atoms. The fourth-order valence-corrected chi connectivity index (χ4v) is 2.62. The summed E-state index contributed by atoms with van der Waals surface area (Å²) in [6, 6.07) is 6.58. The van der Waals surface area contributed by atoms with Gasteiger partial charge in [-0.15, -0.1) is 0 Å². The van der Waals surface area contributed by atoms with Crippen LogP contribution >= 0.6 is 0 Å². The summed E-state index contributed by atoms with van der Waals surface area (Å²) >= 11 is 0. The Labute approximate surface area is 200 Å². The highest BCUT2D eigenvalue weighted by molar-refractivity contribution is 5.86. The maximum absolute atomic E-state index is 12.6. The van der Waals surface area contributed by atoms with Crippen molar-refractivity contribution in [3.8, 4) is 0 Å². The highest BCUT2D eigenvalue weighted by atomic mass is 16.6. The van der Waals surface area contributed by atoms with Crippen molar-refractivity contribution >= 4 is 23.9 Å². The molecule has 10 nitrogen and oxygen atoms in total. The van der Waals surface area contributed by atoms with E-state index in [0.29, 0.717) is 0 Å². The number of aliphatic hydroxyl groups excluding tert-OH is 1. The Morgan fingerprint density at radius 3 is 1.88 bits per heavy atom. The van der Waals surface area contributed by atoms with Gasteiger partial charge in [-0.25, -0.2) is 14.4 Å². The lowest BCUT2D eigenvalue weighted by Gasteiger charge is -2.25. The number of rotatable bonds is 10. The van der Waals surface area contributed by atoms with Crippen LogP contribution in [-0.4, -0.2) is 58.9 Å². The second kappa shape index (κ2) is 12.9. The van der Waals surface area contributed by atoms with Crippen LogP contribution in [0, 0.1) is 0 Å². The quantitative estimate of drug-likeness (QED) is 0.342. The first-order valence-electron chi connectivity index (χ1n) is 11.0. The van der Waals surface area contributed by atoms with Crippen molar-refractivity contribution in [2.24, 2.45) is 0 Å². The van der Waals surface area contributed by atoms with E-state index in [1.54, 1.807) is 65.8 Å². The predicted octanol–water partition coefficient (Wildman–Crippen LogP) is 2.22. The molecule has 0 fully saturated rings. The van der Waals surface area contributed by atoms with Crippen molar-refractivity contribution in [1.82, 2.24) is 10.6 Å². The minimum Gasteiger partial charge on any atom is -0.458 e. The van der Waals surface area contributed by atoms with E-state index in [0.717, 1.165) is 5.56 Å². The fraction of sp³-hybridized carbons (Fsp3) is 0.583. The lowest BCUT2D eigenvalue weighted by Crippen LogP contribution is -2.48. The van der Waals surface area contributed by atoms with E-state index in [2.05, 4.69) is 10.6 Å². The van der Waals surface area contributed by atoms with Gasteiger partial charge in [-0.05, 0) is 53.5 Å². The van der Waals surface area contributed by atoms with E-state index in [-0.39, 0.29) is 19.4 Å². The SMILES string of the molecule is CC(C)(C)OC(=O)[C@H](CO)NC(=O)CC[C@H](NC(=O)OCc1ccccc1)C(=O)OC(C)(C)C. The first-order valence-corrected chi connectivity index (χ1v) is 11.0. The number of benzene rings is 1. The Morgan fingerprint density at radius 2 is 1.38 bits per heavy atom. The number of nitrogens with one attached hydrogen (secondary N) is 2. The number of hydrogen-bond donors (Lipinski definition) is 3. The maximum Gasteiger partial charge on any atom is 0.408 e. The highest BCUT2D eigenvalue weighted by Crippen LogP contribution is 2.12. The van der Waals surface area contributed by atoms with E-state index in [4.69, 9.17) is 14.2 Å². The molecule has 0 aromatic heterocycles. The number of hydrogen-bond acceptors (Lipinski definition) is 8. The summed E-state index contributed by atoms with van der Waals surface area (Å²) in [6.07, 6.45) is -1.20. The summed E-state index contributed by atoms with van der Waals surface area (Å²) in [4.78, 5) is 49.3. The minimum atomic E-state index is -1.25. The van der Waals surface area contributed by atoms with Gasteiger partial charge >= 0.3 is 18.0 Å². The van der Waals surface area contributed by atoms with Crippen molar-refractivity contribution < 1.29 is 38.5 Å². The van der Waals surface area contributed by atoms with Gasteiger partial charge in [-0.2, -0.15) is 0 Å². The number of carbonyl (C=O) groups is 4. The minimum absolute atomic E-state index is 0.00225. The summed E-state index contributed by atoms with van der Waals surface area (Å²) in [7, 11) is 0. The van der Waals surface area contributed by atoms with E-state index < -0.39 is 53.8 Å². The van der Waals surface area contributed by atoms with E-state index in [1.807, 2.05) is 6.07 Å². The monoisotopic (exact) mass is 480 g/mol. The molecule has 0 saturated heterocycles. The molecular formula is C24H36N2O8. The van der Waals surface area contributed by atoms with Gasteiger partial charge in [0, 0.05) is 6.42 Å². The molecule has 1 rings (SSSR count). The third-order valence-electron chi connectivity index (χ3n) is 4.07. The number of ether oxygens (including phenoxy) is 3. The van der Waals surface area contributed by atoms with Gasteiger partial charge in [0.2, 0.25) is 5.91 Å². The molecule has 3 N–H and O–H groups in total. The first kappa shape index (κ1) is 28.9. The Bertz CT molecular complexity index is 828. The lowest BCUT2D eigenvalue weighted by atomic mass is 10.1. The van der Waals surface area contributed by atoms with Crippen LogP contribution in [0.3, 0.4) is 0 Å². The van der Waals surface area contributed by atoms with Crippen LogP contribution in [-0.2, 0) is 35.2 Å². The first-order chi connectivity index (χ1) is 15.7. The normalized spacial score (nSPS) is 13.3. The van der Waals surface area contributed by atoms with Gasteiger partial charge in [-0.3, -0.25) is 4.79 Å². The molecule has 0 aliphatic rings. The number of alkyl carbamates (subject to hydrolysis) is 1. The second-order valence-corrected chi connectivity index (χ2v) is 9.67. The molecular weight excluding hydrogens is 444 g/mol. The highest BCUT2D eigenvalue weighted by Gasteiger charge is 2.30. The average molecular weight is 481 g/mol. The molecule has 0 spiro atoms. The Balaban J connectivity index is 2.73. The zero-order valence-electron chi connectivity index (χ0n) is 20.7. The fourth-order valence-electron chi connectivity index (χ4n) is 2.62. The predicted molar refractivity (Wildman–Crippen MR) is 123 cm³/mol. The molecule has 190 valence electrons. The summed E-state index contributed by atoms with van der Waals surface area (Å²) in [5.74, 6) is -2.13. The summed E-state index contributed by atoms with van der Waals surface area (Å²) in [5, 5.41) is 14.2. The van der Waals surface area contributed by atoms with Gasteiger partial charge in [0.1, 0.15) is 23.9 Å². The number of esters is 2. The molecule has 10 heteroatoms. The van der Waals surface area contributed by atoms with Crippen LogP contribution in [0.4, 0.5) is 4.79 Å². The summed E-state index contributed by atoms with van der Waals surface area (Å²) in [6.45, 7) is 9.36. The average Bonchev–Trinajstić information content (AvgIpc) is 2.71. The van der Waals surface area contributed by atoms with Gasteiger partial charge in [0.15, 0.2) is 6.04 Å². The lowest BCUT2D eigenvalue weighted by molar-refractivity contribution is -0.160. The van der Waals surface area contributed by atoms with Crippen molar-refractivity contribution in [2.75, 3.05) is 6.61 Å². The van der Waals surface area contributed by atoms with Crippen molar-refractivity contribution in [3.05, 3.63) is 35.9 Å². The standard InChI is InChI=1S/C24H36N2O8/c1-23(2,3)33-20(29)17(26-22(31)32-15-16-10-8-7-9-11-16)12-13-19(28)25-18(14-27)21(30)34-24(4,5)6/h7-11,17-18,27H,12-15H2,1-6H3,(H,25,28)(H,26,31)/t17-,18-/m0/s1. The number of carbonyl (C=O) groups excluding carboxylic acids is 4. The molecule has 34 heavy (non-hydrogen) atoms. The van der Waals surface area contributed by atoms with Crippen molar-refractivity contribution in [3.63, 3.8) is 0 Å². The summed E-state index contributed by atoms with van der Waals surface area (Å²) in [5.41, 5.74) is -0.837. The van der Waals surface area contributed by atoms with Crippen LogP contribution in [0.2, 0.25) is 0 Å². The second-order valence-electron chi connectivity index (χ2n) is 9.67. The van der Waals surface area contributed by atoms with Gasteiger partial charge in [0.25, 0.3) is 0 Å². The van der Waals surface area contributed by atoms with Gasteiger partial charge in [0.05, 0.1) is 6.61 Å². The topological polar surface area (TPSA) is 140 Å². The smallest absolute Gasteiger partial charge is 0.408 e. The van der Waals surface area contributed by atoms with Crippen LogP contribution in [0.5, 0.6) is 0 Å².